The van der Waals surface area contributed by atoms with Crippen molar-refractivity contribution in [2.45, 2.75) is 55.9 Å². The van der Waals surface area contributed by atoms with Gasteiger partial charge in [0.2, 0.25) is 10.0 Å². The van der Waals surface area contributed by atoms with E-state index >= 15 is 0 Å². The van der Waals surface area contributed by atoms with Crippen LogP contribution in [0.2, 0.25) is 0 Å². The van der Waals surface area contributed by atoms with Gasteiger partial charge in [-0.1, -0.05) is 31.7 Å². The molecule has 0 radical (unpaired) electrons. The lowest BCUT2D eigenvalue weighted by molar-refractivity contribution is 0.336. The Morgan fingerprint density at radius 3 is 2.57 bits per heavy atom. The molecule has 0 unspecified atom stereocenters. The summed E-state index contributed by atoms with van der Waals surface area (Å²) in [5.41, 5.74) is 2.19. The molecule has 1 N–H and O–H groups in total. The predicted molar refractivity (Wildman–Crippen MR) is 85.1 cm³/mol. The zero-order valence-electron chi connectivity index (χ0n) is 12.6. The highest BCUT2D eigenvalue weighted by atomic mass is 32.2. The van der Waals surface area contributed by atoms with Crippen molar-refractivity contribution in [2.24, 2.45) is 0 Å². The average Bonchev–Trinajstić information content (AvgIpc) is 2.78. The van der Waals surface area contributed by atoms with Gasteiger partial charge in [-0.2, -0.15) is 4.31 Å². The highest BCUT2D eigenvalue weighted by molar-refractivity contribution is 7.89. The van der Waals surface area contributed by atoms with E-state index in [0.29, 0.717) is 4.90 Å². The number of rotatable bonds is 3. The molecule has 21 heavy (non-hydrogen) atoms. The van der Waals surface area contributed by atoms with Crippen LogP contribution in [-0.2, 0) is 16.4 Å². The van der Waals surface area contributed by atoms with E-state index in [1.165, 1.54) is 18.4 Å². The maximum Gasteiger partial charge on any atom is 0.243 e. The highest BCUT2D eigenvalue weighted by Crippen LogP contribution is 2.29. The predicted octanol–water partition coefficient (Wildman–Crippen LogP) is 3.00. The number of hydrogen-bond acceptors (Lipinski definition) is 3. The van der Waals surface area contributed by atoms with E-state index in [0.717, 1.165) is 44.3 Å². The lowest BCUT2D eigenvalue weighted by Crippen LogP contribution is -2.36. The van der Waals surface area contributed by atoms with E-state index in [1.54, 1.807) is 23.5 Å². The topological polar surface area (TPSA) is 49.4 Å². The molecule has 4 nitrogen and oxygen atoms in total. The summed E-state index contributed by atoms with van der Waals surface area (Å²) in [5.74, 6) is 0. The third kappa shape index (κ3) is 2.94. The molecule has 1 aliphatic heterocycles. The number of sulfonamides is 1. The Morgan fingerprint density at radius 1 is 1.14 bits per heavy atom. The first-order chi connectivity index (χ1) is 10.1. The van der Waals surface area contributed by atoms with E-state index in [9.17, 15) is 8.42 Å². The maximum absolute atomic E-state index is 12.8. The van der Waals surface area contributed by atoms with Gasteiger partial charge in [-0.15, -0.1) is 0 Å². The Labute approximate surface area is 127 Å². The van der Waals surface area contributed by atoms with Gasteiger partial charge in [0, 0.05) is 25.3 Å². The lowest BCUT2D eigenvalue weighted by atomic mass is 10.1. The molecule has 0 bridgehead atoms. The van der Waals surface area contributed by atoms with E-state index < -0.39 is 10.0 Å². The van der Waals surface area contributed by atoms with Crippen LogP contribution in [0.25, 0.3) is 0 Å². The minimum Gasteiger partial charge on any atom is -0.384 e. The van der Waals surface area contributed by atoms with Crippen LogP contribution in [0.5, 0.6) is 0 Å². The van der Waals surface area contributed by atoms with E-state index in [4.69, 9.17) is 0 Å². The second kappa shape index (κ2) is 5.97. The van der Waals surface area contributed by atoms with Crippen molar-refractivity contribution in [3.05, 3.63) is 23.8 Å². The molecule has 1 aliphatic carbocycles. The van der Waals surface area contributed by atoms with Crippen LogP contribution in [0, 0.1) is 0 Å². The monoisotopic (exact) mass is 308 g/mol. The smallest absolute Gasteiger partial charge is 0.243 e. The molecule has 5 heteroatoms. The number of benzene rings is 1. The third-order valence-electron chi connectivity index (χ3n) is 4.81. The molecule has 0 aromatic heterocycles. The van der Waals surface area contributed by atoms with Gasteiger partial charge in [-0.05, 0) is 37.0 Å². The van der Waals surface area contributed by atoms with Gasteiger partial charge in [-0.3, -0.25) is 0 Å². The molecular weight excluding hydrogens is 284 g/mol. The van der Waals surface area contributed by atoms with Gasteiger partial charge in [0.15, 0.2) is 0 Å². The highest BCUT2D eigenvalue weighted by Gasteiger charge is 2.29. The third-order valence-corrected chi connectivity index (χ3v) is 6.71. The molecule has 1 aromatic rings. The molecule has 3 rings (SSSR count). The summed E-state index contributed by atoms with van der Waals surface area (Å²) in [6.45, 7) is 0.900. The molecule has 0 spiro atoms. The summed E-state index contributed by atoms with van der Waals surface area (Å²) >= 11 is 0. The maximum atomic E-state index is 12.8. The Kier molecular flexibility index (Phi) is 4.22. The van der Waals surface area contributed by atoms with Gasteiger partial charge >= 0.3 is 0 Å². The fourth-order valence-electron chi connectivity index (χ4n) is 3.41. The van der Waals surface area contributed by atoms with Crippen LogP contribution >= 0.6 is 0 Å². The number of nitrogens with zero attached hydrogens (tertiary/aromatic N) is 1. The SMILES string of the molecule is CN(C1CCCCCC1)S(=O)(=O)c1ccc2c(c1)NCC2. The van der Waals surface area contributed by atoms with Crippen LogP contribution < -0.4 is 5.32 Å². The first kappa shape index (κ1) is 14.9. The summed E-state index contributed by atoms with van der Waals surface area (Å²) in [6.07, 6.45) is 7.68. The number of fused-ring (bicyclic) bond motifs is 1. The van der Waals surface area contributed by atoms with Crippen molar-refractivity contribution in [1.82, 2.24) is 4.31 Å². The number of hydrogen-bond donors (Lipinski definition) is 1. The van der Waals surface area contributed by atoms with E-state index in [2.05, 4.69) is 5.32 Å². The fourth-order valence-corrected chi connectivity index (χ4v) is 4.86. The minimum absolute atomic E-state index is 0.152. The van der Waals surface area contributed by atoms with Crippen molar-refractivity contribution >= 4 is 15.7 Å². The molecule has 1 aromatic carbocycles. The van der Waals surface area contributed by atoms with E-state index in [1.807, 2.05) is 6.07 Å². The molecule has 1 fully saturated rings. The summed E-state index contributed by atoms with van der Waals surface area (Å²) in [5, 5.41) is 3.26. The average molecular weight is 308 g/mol. The van der Waals surface area contributed by atoms with Gasteiger partial charge in [0.25, 0.3) is 0 Å². The van der Waals surface area contributed by atoms with Crippen LogP contribution in [0.1, 0.15) is 44.1 Å². The van der Waals surface area contributed by atoms with Crippen molar-refractivity contribution in [1.29, 1.82) is 0 Å². The van der Waals surface area contributed by atoms with Gasteiger partial charge in [0.1, 0.15) is 0 Å². The first-order valence-corrected chi connectivity index (χ1v) is 9.38. The lowest BCUT2D eigenvalue weighted by Gasteiger charge is -2.26. The molecule has 0 atom stereocenters. The van der Waals surface area contributed by atoms with Crippen molar-refractivity contribution in [2.75, 3.05) is 18.9 Å². The molecule has 1 heterocycles. The fraction of sp³-hybridized carbons (Fsp3) is 0.625. The summed E-state index contributed by atoms with van der Waals surface area (Å²) in [6, 6.07) is 5.65. The molecule has 2 aliphatic rings. The molecular formula is C16H24N2O2S. The zero-order chi connectivity index (χ0) is 14.9. The first-order valence-electron chi connectivity index (χ1n) is 7.94. The summed E-state index contributed by atoms with van der Waals surface area (Å²) in [4.78, 5) is 0.419. The largest absolute Gasteiger partial charge is 0.384 e. The summed E-state index contributed by atoms with van der Waals surface area (Å²) < 4.78 is 27.3. The minimum atomic E-state index is -3.38. The Hall–Kier alpha value is -1.07. The van der Waals surface area contributed by atoms with Crippen LogP contribution in [0.3, 0.4) is 0 Å². The van der Waals surface area contributed by atoms with Gasteiger partial charge in [-0.25, -0.2) is 8.42 Å². The standard InChI is InChI=1S/C16H24N2O2S/c1-18(14-6-4-2-3-5-7-14)21(19,20)15-9-8-13-10-11-17-16(13)12-15/h8-9,12,14,17H,2-7,10-11H2,1H3. The quantitative estimate of drug-likeness (QED) is 0.873. The molecule has 1 saturated carbocycles. The van der Waals surface area contributed by atoms with Gasteiger partial charge in [0.05, 0.1) is 4.90 Å². The number of anilines is 1. The van der Waals surface area contributed by atoms with Gasteiger partial charge < -0.3 is 5.32 Å². The van der Waals surface area contributed by atoms with Crippen LogP contribution in [-0.4, -0.2) is 32.4 Å². The summed E-state index contributed by atoms with van der Waals surface area (Å²) in [7, 11) is -1.64. The van der Waals surface area contributed by atoms with E-state index in [-0.39, 0.29) is 6.04 Å². The Morgan fingerprint density at radius 2 is 1.86 bits per heavy atom. The molecule has 0 amide bonds. The van der Waals surface area contributed by atoms with Crippen molar-refractivity contribution in [3.63, 3.8) is 0 Å². The normalized spacial score (nSPS) is 20.1. The van der Waals surface area contributed by atoms with Crippen LogP contribution in [0.15, 0.2) is 23.1 Å². The van der Waals surface area contributed by atoms with Crippen molar-refractivity contribution in [3.8, 4) is 0 Å². The Bertz CT molecular complexity index is 605. The molecule has 116 valence electrons. The second-order valence-corrected chi connectivity index (χ2v) is 8.16. The Balaban J connectivity index is 1.85. The number of nitrogens with one attached hydrogen (secondary N) is 1. The van der Waals surface area contributed by atoms with Crippen molar-refractivity contribution < 1.29 is 8.42 Å². The van der Waals surface area contributed by atoms with Crippen LogP contribution in [0.4, 0.5) is 5.69 Å². The molecule has 0 saturated heterocycles. The zero-order valence-corrected chi connectivity index (χ0v) is 13.5. The second-order valence-electron chi connectivity index (χ2n) is 6.16.